The Labute approximate surface area is 200 Å². The number of hydrogen-bond donors (Lipinski definition) is 1. The second-order valence-corrected chi connectivity index (χ2v) is 11.3. The van der Waals surface area contributed by atoms with E-state index in [0.29, 0.717) is 36.2 Å². The van der Waals surface area contributed by atoms with Crippen LogP contribution in [0.3, 0.4) is 0 Å². The number of benzene rings is 2. The molecule has 0 spiro atoms. The number of sulfonamides is 1. The van der Waals surface area contributed by atoms with E-state index < -0.39 is 45.0 Å². The number of halogens is 5. The maximum atomic E-state index is 14.9. The van der Waals surface area contributed by atoms with Gasteiger partial charge in [0.2, 0.25) is 10.0 Å². The summed E-state index contributed by atoms with van der Waals surface area (Å²) in [6, 6.07) is 5.54. The predicted molar refractivity (Wildman–Crippen MR) is 120 cm³/mol. The molecular weight excluding hydrogens is 489 g/mol. The second-order valence-electron chi connectivity index (χ2n) is 9.61. The van der Waals surface area contributed by atoms with Crippen molar-refractivity contribution in [1.29, 1.82) is 0 Å². The summed E-state index contributed by atoms with van der Waals surface area (Å²) in [6.45, 7) is 5.52. The van der Waals surface area contributed by atoms with Gasteiger partial charge in [-0.3, -0.25) is 4.68 Å². The molecule has 1 aliphatic carbocycles. The van der Waals surface area contributed by atoms with Gasteiger partial charge in [0.05, 0.1) is 33.9 Å². The average Bonchev–Trinajstić information content (AvgIpc) is 3.49. The van der Waals surface area contributed by atoms with Gasteiger partial charge in [-0.1, -0.05) is 0 Å². The van der Waals surface area contributed by atoms with Crippen molar-refractivity contribution < 1.29 is 30.4 Å². The van der Waals surface area contributed by atoms with E-state index in [4.69, 9.17) is 0 Å². The van der Waals surface area contributed by atoms with Gasteiger partial charge in [0.15, 0.2) is 0 Å². The highest BCUT2D eigenvalue weighted by Gasteiger charge is 2.39. The van der Waals surface area contributed by atoms with Crippen LogP contribution in [0.2, 0.25) is 0 Å². The predicted octanol–water partition coefficient (Wildman–Crippen LogP) is 6.03. The van der Waals surface area contributed by atoms with Crippen LogP contribution in [-0.2, 0) is 21.7 Å². The van der Waals surface area contributed by atoms with Gasteiger partial charge in [-0.25, -0.2) is 21.9 Å². The fraction of sp³-hybridized carbons (Fsp3) is 0.375. The fourth-order valence-corrected chi connectivity index (χ4v) is 5.23. The minimum Gasteiger partial charge on any atom is -0.259 e. The molecule has 0 saturated heterocycles. The average molecular weight is 514 g/mol. The first kappa shape index (κ1) is 25.3. The van der Waals surface area contributed by atoms with Crippen molar-refractivity contribution in [3.63, 3.8) is 0 Å². The van der Waals surface area contributed by atoms with Gasteiger partial charge < -0.3 is 0 Å². The van der Waals surface area contributed by atoms with Crippen LogP contribution >= 0.6 is 0 Å². The van der Waals surface area contributed by atoms with Gasteiger partial charge in [-0.15, -0.1) is 0 Å². The third-order valence-corrected chi connectivity index (χ3v) is 7.28. The van der Waals surface area contributed by atoms with E-state index in [1.807, 2.05) is 20.8 Å². The number of hydrogen-bond acceptors (Lipinski definition) is 3. The van der Waals surface area contributed by atoms with Crippen molar-refractivity contribution in [3.05, 3.63) is 71.4 Å². The van der Waals surface area contributed by atoms with Gasteiger partial charge in [0, 0.05) is 17.2 Å². The first-order valence-corrected chi connectivity index (χ1v) is 12.4. The SMILES string of the molecule is CC(C)(C)n1ncc(C(NS(=O)(=O)c2ccc(C(F)(F)F)cc2)C2CC2)c1-c1ccc(F)cc1F. The quantitative estimate of drug-likeness (QED) is 0.410. The maximum absolute atomic E-state index is 14.9. The lowest BCUT2D eigenvalue weighted by atomic mass is 9.97. The highest BCUT2D eigenvalue weighted by atomic mass is 32.2. The Hall–Kier alpha value is -2.79. The van der Waals surface area contributed by atoms with Crippen LogP contribution in [0.25, 0.3) is 11.3 Å². The summed E-state index contributed by atoms with van der Waals surface area (Å²) < 4.78 is 97.6. The van der Waals surface area contributed by atoms with E-state index in [1.54, 1.807) is 4.68 Å². The number of nitrogens with zero attached hydrogens (tertiary/aromatic N) is 2. The largest absolute Gasteiger partial charge is 0.416 e. The molecule has 1 saturated carbocycles. The van der Waals surface area contributed by atoms with Crippen molar-refractivity contribution in [3.8, 4) is 11.3 Å². The molecule has 1 N–H and O–H groups in total. The van der Waals surface area contributed by atoms with Gasteiger partial charge in [0.25, 0.3) is 0 Å². The van der Waals surface area contributed by atoms with Crippen molar-refractivity contribution >= 4 is 10.0 Å². The normalized spacial score (nSPS) is 15.9. The maximum Gasteiger partial charge on any atom is 0.416 e. The molecule has 0 radical (unpaired) electrons. The Kier molecular flexibility index (Phi) is 6.29. The van der Waals surface area contributed by atoms with Crippen LogP contribution in [0.1, 0.15) is 50.8 Å². The lowest BCUT2D eigenvalue weighted by molar-refractivity contribution is -0.137. The molecule has 1 fully saturated rings. The fourth-order valence-electron chi connectivity index (χ4n) is 3.95. The van der Waals surface area contributed by atoms with Crippen LogP contribution in [0.4, 0.5) is 22.0 Å². The van der Waals surface area contributed by atoms with Gasteiger partial charge in [-0.2, -0.15) is 18.3 Å². The van der Waals surface area contributed by atoms with Crippen LogP contribution < -0.4 is 4.72 Å². The lowest BCUT2D eigenvalue weighted by Crippen LogP contribution is -2.31. The van der Waals surface area contributed by atoms with E-state index in [9.17, 15) is 30.4 Å². The van der Waals surface area contributed by atoms with E-state index in [2.05, 4.69) is 9.82 Å². The molecule has 0 amide bonds. The van der Waals surface area contributed by atoms with Crippen molar-refractivity contribution in [1.82, 2.24) is 14.5 Å². The molecule has 4 rings (SSSR count). The molecular formula is C24H24F5N3O2S. The van der Waals surface area contributed by atoms with Gasteiger partial charge >= 0.3 is 6.18 Å². The number of nitrogens with one attached hydrogen (secondary N) is 1. The molecule has 0 aliphatic heterocycles. The van der Waals surface area contributed by atoms with Crippen LogP contribution in [-0.4, -0.2) is 18.2 Å². The lowest BCUT2D eigenvalue weighted by Gasteiger charge is -2.25. The first-order valence-electron chi connectivity index (χ1n) is 10.9. The third-order valence-electron chi connectivity index (χ3n) is 5.82. The second kappa shape index (κ2) is 8.70. The Balaban J connectivity index is 1.78. The Morgan fingerprint density at radius 3 is 2.17 bits per heavy atom. The molecule has 1 atom stereocenters. The smallest absolute Gasteiger partial charge is 0.259 e. The summed E-state index contributed by atoms with van der Waals surface area (Å²) in [7, 11) is -4.23. The molecule has 1 heterocycles. The van der Waals surface area contributed by atoms with Crippen molar-refractivity contribution in [2.45, 2.75) is 56.3 Å². The molecule has 1 aromatic heterocycles. The zero-order valence-corrected chi connectivity index (χ0v) is 20.0. The molecule has 5 nitrogen and oxygen atoms in total. The number of rotatable bonds is 6. The first-order chi connectivity index (χ1) is 16.2. The summed E-state index contributed by atoms with van der Waals surface area (Å²) in [5.74, 6) is -1.69. The molecule has 1 aliphatic rings. The molecule has 11 heteroatoms. The summed E-state index contributed by atoms with van der Waals surface area (Å²) >= 11 is 0. The molecule has 35 heavy (non-hydrogen) atoms. The van der Waals surface area contributed by atoms with Crippen LogP contribution in [0, 0.1) is 17.6 Å². The zero-order valence-electron chi connectivity index (χ0n) is 19.2. The Morgan fingerprint density at radius 1 is 1.03 bits per heavy atom. The highest BCUT2D eigenvalue weighted by molar-refractivity contribution is 7.89. The number of aromatic nitrogens is 2. The highest BCUT2D eigenvalue weighted by Crippen LogP contribution is 2.45. The van der Waals surface area contributed by atoms with E-state index in [-0.39, 0.29) is 16.4 Å². The van der Waals surface area contributed by atoms with E-state index in [1.165, 1.54) is 12.3 Å². The summed E-state index contributed by atoms with van der Waals surface area (Å²) in [5.41, 5.74) is -0.802. The van der Waals surface area contributed by atoms with Crippen molar-refractivity contribution in [2.24, 2.45) is 5.92 Å². The minimum absolute atomic E-state index is 0.0632. The molecule has 188 valence electrons. The van der Waals surface area contributed by atoms with Crippen LogP contribution in [0.5, 0.6) is 0 Å². The molecule has 1 unspecified atom stereocenters. The Morgan fingerprint density at radius 2 is 1.66 bits per heavy atom. The van der Waals surface area contributed by atoms with E-state index in [0.717, 1.165) is 24.3 Å². The van der Waals surface area contributed by atoms with E-state index >= 15 is 0 Å². The number of alkyl halides is 3. The molecule has 0 bridgehead atoms. The minimum atomic E-state index is -4.60. The summed E-state index contributed by atoms with van der Waals surface area (Å²) in [4.78, 5) is -0.325. The Bertz CT molecular complexity index is 1340. The standard InChI is InChI=1S/C24H24F5N3O2S/c1-23(2,3)32-22(18-11-8-16(25)12-20(18)26)19(13-30-32)21(14-4-5-14)31-35(33,34)17-9-6-15(7-10-17)24(27,28)29/h6-14,21,31H,4-5H2,1-3H3. The van der Waals surface area contributed by atoms with Crippen molar-refractivity contribution in [2.75, 3.05) is 0 Å². The monoisotopic (exact) mass is 513 g/mol. The molecule has 2 aromatic carbocycles. The molecule has 3 aromatic rings. The summed E-state index contributed by atoms with van der Waals surface area (Å²) in [6.07, 6.45) is -1.73. The topological polar surface area (TPSA) is 64.0 Å². The third kappa shape index (κ3) is 5.25. The van der Waals surface area contributed by atoms with Gasteiger partial charge in [0.1, 0.15) is 11.6 Å². The van der Waals surface area contributed by atoms with Gasteiger partial charge in [-0.05, 0) is 75.9 Å². The zero-order chi connectivity index (χ0) is 25.8. The van der Waals surface area contributed by atoms with Crippen LogP contribution in [0.15, 0.2) is 53.6 Å². The summed E-state index contributed by atoms with van der Waals surface area (Å²) in [5, 5.41) is 4.40.